The number of hydrogen-bond donors (Lipinski definition) is 1. The molecule has 1 heterocycles. The predicted molar refractivity (Wildman–Crippen MR) is 43.1 cm³/mol. The molecule has 0 spiro atoms. The Hall–Kier alpha value is -1.26. The van der Waals surface area contributed by atoms with Crippen molar-refractivity contribution in [3.05, 3.63) is 23.0 Å². The summed E-state index contributed by atoms with van der Waals surface area (Å²) in [7, 11) is 0. The Morgan fingerprint density at radius 2 is 2.23 bits per heavy atom. The molecule has 0 amide bonds. The second-order valence-electron chi connectivity index (χ2n) is 2.22. The Morgan fingerprint density at radius 1 is 1.54 bits per heavy atom. The Labute approximate surface area is 83.4 Å². The minimum absolute atomic E-state index is 0.899. The lowest BCUT2D eigenvalue weighted by molar-refractivity contribution is -0.141. The van der Waals surface area contributed by atoms with E-state index in [1.807, 2.05) is 0 Å². The summed E-state index contributed by atoms with van der Waals surface area (Å²) in [5.74, 6) is 0. The molecule has 0 unspecified atom stereocenters. The zero-order valence-corrected chi connectivity index (χ0v) is 6.16. The average Bonchev–Trinajstić information content (AvgIpc) is 2.15. The third-order valence-corrected chi connectivity index (χ3v) is 1.24. The summed E-state index contributed by atoms with van der Waals surface area (Å²) in [5, 5.41) is 0. The number of alkyl halides is 3. The van der Waals surface area contributed by atoms with Crippen molar-refractivity contribution in [3.63, 3.8) is 0 Å². The van der Waals surface area contributed by atoms with Gasteiger partial charge >= 0.3 is 6.18 Å². The van der Waals surface area contributed by atoms with Crippen LogP contribution in [0.1, 0.15) is 26.5 Å². The van der Waals surface area contributed by atoms with Crippen LogP contribution in [0.4, 0.5) is 18.9 Å². The number of anilines is 1. The molecule has 1 rings (SSSR count). The van der Waals surface area contributed by atoms with Crippen molar-refractivity contribution in [2.45, 2.75) is 19.9 Å². The number of rotatable bonds is 0. The Bertz CT molecular complexity index is 533. The molecule has 2 nitrogen and oxygen atoms in total. The fourth-order valence-electron chi connectivity index (χ4n) is 0.686. The predicted octanol–water partition coefficient (Wildman–Crippen LogP) is 2.30. The van der Waals surface area contributed by atoms with Gasteiger partial charge in [0.2, 0.25) is 0 Å². The van der Waals surface area contributed by atoms with Crippen molar-refractivity contribution >= 4 is 5.69 Å². The highest BCUT2D eigenvalue weighted by Gasteiger charge is 2.34. The van der Waals surface area contributed by atoms with Gasteiger partial charge in [0.05, 0.1) is 12.8 Å². The van der Waals surface area contributed by atoms with Crippen LogP contribution in [0.15, 0.2) is 6.04 Å². The molecule has 0 aromatic carbocycles. The standard InChI is InChI=1S/C8H9F3N2/c1-4-3-6(12)5(2)13-7(4)8(9,10)11/h3H,12H2,1-2H3/i1D3,2D3,3D. The topological polar surface area (TPSA) is 38.9 Å². The molecule has 5 heteroatoms. The summed E-state index contributed by atoms with van der Waals surface area (Å²) in [4.78, 5) is 2.85. The van der Waals surface area contributed by atoms with E-state index >= 15 is 0 Å². The van der Waals surface area contributed by atoms with Crippen LogP contribution in [0.5, 0.6) is 0 Å². The van der Waals surface area contributed by atoms with Crippen LogP contribution in [-0.2, 0) is 6.18 Å². The highest BCUT2D eigenvalue weighted by atomic mass is 19.4. The molecule has 0 saturated carbocycles. The van der Waals surface area contributed by atoms with Gasteiger partial charge in [0, 0.05) is 8.22 Å². The van der Waals surface area contributed by atoms with Gasteiger partial charge in [0.25, 0.3) is 0 Å². The number of aryl methyl sites for hydroxylation is 1. The number of nitrogens with two attached hydrogens (primary N) is 1. The minimum atomic E-state index is -5.22. The third-order valence-electron chi connectivity index (χ3n) is 1.24. The molecule has 0 aliphatic rings. The molecule has 2 N–H and O–H groups in total. The second kappa shape index (κ2) is 2.90. The van der Waals surface area contributed by atoms with E-state index in [4.69, 9.17) is 15.3 Å². The highest BCUT2D eigenvalue weighted by Crippen LogP contribution is 2.31. The Morgan fingerprint density at radius 3 is 2.69 bits per heavy atom. The summed E-state index contributed by atoms with van der Waals surface area (Å²) in [6.07, 6.45) is -5.22. The van der Waals surface area contributed by atoms with E-state index in [2.05, 4.69) is 4.98 Å². The lowest BCUT2D eigenvalue weighted by Gasteiger charge is -2.10. The lowest BCUT2D eigenvalue weighted by Crippen LogP contribution is -2.12. The van der Waals surface area contributed by atoms with Crippen LogP contribution in [-0.4, -0.2) is 4.98 Å². The summed E-state index contributed by atoms with van der Waals surface area (Å²) < 4.78 is 88.1. The molecule has 0 radical (unpaired) electrons. The van der Waals surface area contributed by atoms with Gasteiger partial charge in [-0.15, -0.1) is 0 Å². The molecule has 0 fully saturated rings. The SMILES string of the molecule is [2H]c1c(N)c(C([2H])([2H])[2H])nc(C(F)(F)F)c1C([2H])([2H])[2H]. The van der Waals surface area contributed by atoms with Gasteiger partial charge in [-0.05, 0) is 25.3 Å². The highest BCUT2D eigenvalue weighted by molar-refractivity contribution is 5.46. The number of halogens is 3. The second-order valence-corrected chi connectivity index (χ2v) is 2.22. The summed E-state index contributed by atoms with van der Waals surface area (Å²) in [6, 6.07) is -1.20. The molecule has 0 aliphatic carbocycles. The first-order chi connectivity index (χ1) is 8.67. The maximum Gasteiger partial charge on any atom is 0.433 e. The van der Waals surface area contributed by atoms with Crippen molar-refractivity contribution in [2.24, 2.45) is 0 Å². The number of hydrogen-bond acceptors (Lipinski definition) is 2. The number of aromatic nitrogens is 1. The Kier molecular flexibility index (Phi) is 0.861. The van der Waals surface area contributed by atoms with Crippen molar-refractivity contribution in [1.29, 1.82) is 0 Å². The molecule has 0 atom stereocenters. The van der Waals surface area contributed by atoms with Crippen LogP contribution in [0, 0.1) is 13.7 Å². The first kappa shape index (κ1) is 3.86. The van der Waals surface area contributed by atoms with Gasteiger partial charge in [-0.1, -0.05) is 0 Å². The molecule has 0 saturated heterocycles. The van der Waals surface area contributed by atoms with Crippen LogP contribution >= 0.6 is 0 Å². The van der Waals surface area contributed by atoms with Gasteiger partial charge in [-0.3, -0.25) is 0 Å². The normalized spacial score (nSPS) is 21.6. The molecule has 0 aliphatic heterocycles. The van der Waals surface area contributed by atoms with Crippen LogP contribution < -0.4 is 5.73 Å². The smallest absolute Gasteiger partial charge is 0.397 e. The zero-order chi connectivity index (χ0) is 16.1. The van der Waals surface area contributed by atoms with Crippen molar-refractivity contribution in [2.75, 3.05) is 5.73 Å². The van der Waals surface area contributed by atoms with Gasteiger partial charge in [-0.25, -0.2) is 4.98 Å². The largest absolute Gasteiger partial charge is 0.433 e. The third kappa shape index (κ3) is 1.91. The monoisotopic (exact) mass is 197 g/mol. The Balaban J connectivity index is 3.85. The fraction of sp³-hybridized carbons (Fsp3) is 0.375. The molecule has 13 heavy (non-hydrogen) atoms. The van der Waals surface area contributed by atoms with E-state index in [-0.39, 0.29) is 0 Å². The molecule has 72 valence electrons. The lowest BCUT2D eigenvalue weighted by atomic mass is 10.1. The van der Waals surface area contributed by atoms with Gasteiger partial charge in [0.15, 0.2) is 0 Å². The quantitative estimate of drug-likeness (QED) is 0.693. The number of nitrogens with zero attached hydrogens (tertiary/aromatic N) is 1. The molecule has 0 bridgehead atoms. The van der Waals surface area contributed by atoms with E-state index in [0.717, 1.165) is 0 Å². The zero-order valence-electron chi connectivity index (χ0n) is 13.2. The number of pyridine rings is 1. The van der Waals surface area contributed by atoms with Gasteiger partial charge < -0.3 is 5.73 Å². The maximum absolute atomic E-state index is 12.8. The first-order valence-electron chi connectivity index (χ1n) is 6.55. The molecule has 1 aromatic rings. The van der Waals surface area contributed by atoms with E-state index in [1.54, 1.807) is 0 Å². The van der Waals surface area contributed by atoms with E-state index in [0.29, 0.717) is 0 Å². The van der Waals surface area contributed by atoms with Crippen molar-refractivity contribution < 1.29 is 22.8 Å². The van der Waals surface area contributed by atoms with Crippen molar-refractivity contribution in [1.82, 2.24) is 4.98 Å². The molecular weight excluding hydrogens is 181 g/mol. The molecular formula is C8H9F3N2. The molecule has 1 aromatic heterocycles. The minimum Gasteiger partial charge on any atom is -0.397 e. The van der Waals surface area contributed by atoms with Gasteiger partial charge in [0.1, 0.15) is 5.69 Å². The van der Waals surface area contributed by atoms with E-state index in [9.17, 15) is 13.2 Å². The summed E-state index contributed by atoms with van der Waals surface area (Å²) in [5.41, 5.74) is -0.119. The number of nitrogen functional groups attached to an aromatic ring is 1. The average molecular weight is 197 g/mol. The van der Waals surface area contributed by atoms with E-state index < -0.39 is 48.6 Å². The maximum atomic E-state index is 12.8. The van der Waals surface area contributed by atoms with Crippen LogP contribution in [0.3, 0.4) is 0 Å². The van der Waals surface area contributed by atoms with Gasteiger partial charge in [-0.2, -0.15) is 13.2 Å². The van der Waals surface area contributed by atoms with Crippen LogP contribution in [0.25, 0.3) is 0 Å². The summed E-state index contributed by atoms with van der Waals surface area (Å²) >= 11 is 0. The van der Waals surface area contributed by atoms with E-state index in [1.165, 1.54) is 0 Å². The van der Waals surface area contributed by atoms with Crippen LogP contribution in [0.2, 0.25) is 0 Å². The summed E-state index contributed by atoms with van der Waals surface area (Å²) in [6.45, 7) is -6.39. The van der Waals surface area contributed by atoms with Crippen molar-refractivity contribution in [3.8, 4) is 0 Å². The first-order valence-corrected chi connectivity index (χ1v) is 3.05. The fourth-order valence-corrected chi connectivity index (χ4v) is 0.686.